The van der Waals surface area contributed by atoms with Crippen LogP contribution in [0.1, 0.15) is 72.6 Å². The molecule has 238 valence electrons. The first-order valence-electron chi connectivity index (χ1n) is 15.1. The number of rotatable bonds is 6. The highest BCUT2D eigenvalue weighted by atomic mass is 16.5. The van der Waals surface area contributed by atoms with E-state index in [9.17, 15) is 24.6 Å². The molecule has 7 rings (SSSR count). The monoisotopic (exact) mass is 627 g/mol. The molecule has 3 aliphatic rings. The number of fused-ring (bicyclic) bond motifs is 4. The van der Waals surface area contributed by atoms with Crippen LogP contribution in [0.4, 0.5) is 5.69 Å². The Morgan fingerprint density at radius 2 is 1.85 bits per heavy atom. The molecule has 0 saturated heterocycles. The van der Waals surface area contributed by atoms with E-state index in [0.717, 1.165) is 28.6 Å². The highest BCUT2D eigenvalue weighted by molar-refractivity contribution is 5.90. The SMILES string of the molecule is CC(C)[C@H](O)C(=O)N[C@H]1Cc2ccc3c(c2)C2(c4ccccc4N[C@H]2O3)c2oc(nc2-c2nc(C(=O)O)co2)[C@H](C(C)C)NC1=O. The third-order valence-corrected chi connectivity index (χ3v) is 8.88. The van der Waals surface area contributed by atoms with Gasteiger partial charge in [0.15, 0.2) is 23.4 Å². The first-order chi connectivity index (χ1) is 22.0. The molecule has 5 heterocycles. The van der Waals surface area contributed by atoms with Crippen LogP contribution in [0.5, 0.6) is 5.75 Å². The van der Waals surface area contributed by atoms with Gasteiger partial charge in [-0.2, -0.15) is 0 Å². The number of carboxylic acids is 1. The van der Waals surface area contributed by atoms with E-state index in [4.69, 9.17) is 18.6 Å². The van der Waals surface area contributed by atoms with Crippen molar-refractivity contribution in [2.24, 2.45) is 11.8 Å². The van der Waals surface area contributed by atoms with Gasteiger partial charge in [-0.3, -0.25) is 9.59 Å². The molecule has 4 aromatic rings. The number of para-hydroxylation sites is 1. The summed E-state index contributed by atoms with van der Waals surface area (Å²) in [5.41, 5.74) is 1.81. The van der Waals surface area contributed by atoms with Gasteiger partial charge in [-0.25, -0.2) is 14.8 Å². The number of nitrogens with one attached hydrogen (secondary N) is 3. The second-order valence-corrected chi connectivity index (χ2v) is 12.6. The summed E-state index contributed by atoms with van der Waals surface area (Å²) in [6.45, 7) is 7.21. The fraction of sp³-hybridized carbons (Fsp3) is 0.364. The zero-order chi connectivity index (χ0) is 32.5. The Labute approximate surface area is 263 Å². The molecular weight excluding hydrogens is 594 g/mol. The number of carboxylic acid groups (broad SMARTS) is 1. The van der Waals surface area contributed by atoms with Gasteiger partial charge in [-0.15, -0.1) is 0 Å². The molecule has 1 spiro atoms. The summed E-state index contributed by atoms with van der Waals surface area (Å²) in [5, 5.41) is 29.3. The third kappa shape index (κ3) is 4.44. The van der Waals surface area contributed by atoms with E-state index >= 15 is 0 Å². The van der Waals surface area contributed by atoms with Crippen molar-refractivity contribution < 1.29 is 38.2 Å². The van der Waals surface area contributed by atoms with E-state index in [2.05, 4.69) is 20.9 Å². The van der Waals surface area contributed by atoms with Crippen LogP contribution in [0, 0.1) is 11.8 Å². The van der Waals surface area contributed by atoms with Gasteiger partial charge in [0.2, 0.25) is 23.6 Å². The summed E-state index contributed by atoms with van der Waals surface area (Å²) >= 11 is 0. The van der Waals surface area contributed by atoms with Crippen molar-refractivity contribution in [2.45, 2.75) is 63.9 Å². The van der Waals surface area contributed by atoms with Crippen molar-refractivity contribution in [2.75, 3.05) is 5.32 Å². The van der Waals surface area contributed by atoms with Gasteiger partial charge >= 0.3 is 5.97 Å². The molecule has 2 aromatic carbocycles. The number of aromatic carboxylic acids is 1. The Kier molecular flexibility index (Phi) is 6.89. The molecule has 4 bridgehead atoms. The first-order valence-corrected chi connectivity index (χ1v) is 15.1. The number of aliphatic hydroxyl groups excluding tert-OH is 1. The summed E-state index contributed by atoms with van der Waals surface area (Å²) in [6.07, 6.45) is -0.827. The molecule has 0 radical (unpaired) electrons. The summed E-state index contributed by atoms with van der Waals surface area (Å²) < 4.78 is 18.9. The van der Waals surface area contributed by atoms with Crippen LogP contribution in [0.2, 0.25) is 0 Å². The predicted octanol–water partition coefficient (Wildman–Crippen LogP) is 3.38. The van der Waals surface area contributed by atoms with Crippen LogP contribution in [-0.2, 0) is 21.4 Å². The molecule has 46 heavy (non-hydrogen) atoms. The second kappa shape index (κ2) is 10.7. The Hall–Kier alpha value is -5.17. The van der Waals surface area contributed by atoms with Crippen molar-refractivity contribution in [1.82, 2.24) is 20.6 Å². The number of aliphatic hydroxyl groups is 1. The highest BCUT2D eigenvalue weighted by Crippen LogP contribution is 2.59. The Bertz CT molecular complexity index is 1880. The van der Waals surface area contributed by atoms with Crippen LogP contribution in [0.15, 0.2) is 57.6 Å². The Morgan fingerprint density at radius 1 is 1.07 bits per heavy atom. The molecule has 0 saturated carbocycles. The minimum absolute atomic E-state index is 0.0685. The molecule has 0 aliphatic carbocycles. The number of benzene rings is 2. The molecule has 2 amide bonds. The van der Waals surface area contributed by atoms with Crippen LogP contribution < -0.4 is 20.7 Å². The normalized spacial score (nSPS) is 23.4. The lowest BCUT2D eigenvalue weighted by Crippen LogP contribution is -2.52. The average molecular weight is 628 g/mol. The maximum absolute atomic E-state index is 13.9. The molecule has 13 nitrogen and oxygen atoms in total. The number of anilines is 1. The molecule has 5 N–H and O–H groups in total. The molecule has 1 unspecified atom stereocenters. The highest BCUT2D eigenvalue weighted by Gasteiger charge is 2.61. The van der Waals surface area contributed by atoms with Gasteiger partial charge in [0, 0.05) is 17.7 Å². The molecular formula is C33H33N5O8. The fourth-order valence-electron chi connectivity index (χ4n) is 6.49. The number of amides is 2. The largest absolute Gasteiger partial charge is 0.476 e. The molecule has 5 atom stereocenters. The van der Waals surface area contributed by atoms with E-state index in [0.29, 0.717) is 11.5 Å². The number of oxazole rings is 2. The predicted molar refractivity (Wildman–Crippen MR) is 162 cm³/mol. The molecule has 0 fully saturated rings. The minimum atomic E-state index is -1.30. The lowest BCUT2D eigenvalue weighted by atomic mass is 9.72. The zero-order valence-corrected chi connectivity index (χ0v) is 25.5. The maximum atomic E-state index is 13.9. The van der Waals surface area contributed by atoms with E-state index in [-0.39, 0.29) is 41.4 Å². The molecule has 3 aliphatic heterocycles. The number of carbonyl (C=O) groups is 3. The minimum Gasteiger partial charge on any atom is -0.476 e. The lowest BCUT2D eigenvalue weighted by Gasteiger charge is -2.29. The number of hydrogen-bond acceptors (Lipinski definition) is 10. The van der Waals surface area contributed by atoms with Crippen molar-refractivity contribution in [3.8, 4) is 17.3 Å². The van der Waals surface area contributed by atoms with Crippen LogP contribution in [-0.4, -0.2) is 56.3 Å². The topological polar surface area (TPSA) is 189 Å². The van der Waals surface area contributed by atoms with E-state index in [1.54, 1.807) is 13.8 Å². The Morgan fingerprint density at radius 3 is 2.57 bits per heavy atom. The smallest absolute Gasteiger partial charge is 0.357 e. The number of aromatic nitrogens is 2. The van der Waals surface area contributed by atoms with E-state index < -0.39 is 47.6 Å². The third-order valence-electron chi connectivity index (χ3n) is 8.88. The summed E-state index contributed by atoms with van der Waals surface area (Å²) in [4.78, 5) is 47.7. The van der Waals surface area contributed by atoms with Gasteiger partial charge in [-0.05, 0) is 35.1 Å². The number of carbonyl (C=O) groups excluding carboxylic acids is 2. The van der Waals surface area contributed by atoms with Gasteiger partial charge in [0.1, 0.15) is 35.6 Å². The lowest BCUT2D eigenvalue weighted by molar-refractivity contribution is -0.135. The Balaban J connectivity index is 1.48. The number of ether oxygens (including phenoxy) is 1. The van der Waals surface area contributed by atoms with Gasteiger partial charge in [-0.1, -0.05) is 58.0 Å². The van der Waals surface area contributed by atoms with E-state index in [1.165, 1.54) is 0 Å². The molecule has 2 aromatic heterocycles. The summed E-state index contributed by atoms with van der Waals surface area (Å²) in [5.74, 6) is -2.07. The van der Waals surface area contributed by atoms with Crippen LogP contribution in [0.25, 0.3) is 11.6 Å². The number of nitrogens with zero attached hydrogens (tertiary/aromatic N) is 2. The second-order valence-electron chi connectivity index (χ2n) is 12.6. The fourth-order valence-corrected chi connectivity index (χ4v) is 6.49. The average Bonchev–Trinajstić information content (AvgIpc) is 3.79. The summed E-state index contributed by atoms with van der Waals surface area (Å²) in [7, 11) is 0. The van der Waals surface area contributed by atoms with Gasteiger partial charge in [0.05, 0.1) is 0 Å². The zero-order valence-electron chi connectivity index (χ0n) is 25.5. The van der Waals surface area contributed by atoms with Crippen molar-refractivity contribution in [1.29, 1.82) is 0 Å². The maximum Gasteiger partial charge on any atom is 0.357 e. The quantitative estimate of drug-likeness (QED) is 0.211. The first kappa shape index (κ1) is 29.5. The standard InChI is InChI=1S/C33H33N5O8/c1-14(2)23-30-38-24(29-35-21(13-44-29)31(42)43)26(46-30)33-17-7-5-6-8-19(17)36-32(33)45-22-10-9-16(11-18(22)33)12-20(27(40)37-23)34-28(41)25(39)15(3)4/h5-11,13-15,20,23,25,32,36,39H,12H2,1-4H3,(H,34,41)(H,37,40)(H,42,43)/t20-,23-,25-,32-,33?/m0/s1. The van der Waals surface area contributed by atoms with Crippen molar-refractivity contribution >= 4 is 23.5 Å². The number of hydrogen-bond donors (Lipinski definition) is 5. The molecule has 13 heteroatoms. The van der Waals surface area contributed by atoms with Gasteiger partial charge in [0.25, 0.3) is 0 Å². The van der Waals surface area contributed by atoms with Gasteiger partial charge < -0.3 is 39.7 Å². The van der Waals surface area contributed by atoms with Crippen molar-refractivity contribution in [3.63, 3.8) is 0 Å². The van der Waals surface area contributed by atoms with E-state index in [1.807, 2.05) is 56.3 Å². The van der Waals surface area contributed by atoms with Crippen molar-refractivity contribution in [3.05, 3.63) is 82.8 Å². The van der Waals surface area contributed by atoms with Crippen LogP contribution in [0.3, 0.4) is 0 Å². The summed E-state index contributed by atoms with van der Waals surface area (Å²) in [6, 6.07) is 11.4. The van der Waals surface area contributed by atoms with Crippen LogP contribution >= 0.6 is 0 Å².